The zero-order valence-corrected chi connectivity index (χ0v) is 15.7. The van der Waals surface area contributed by atoms with Crippen molar-refractivity contribution >= 4 is 22.2 Å². The van der Waals surface area contributed by atoms with Crippen LogP contribution in [-0.2, 0) is 16.6 Å². The normalized spacial score (nSPS) is 11.3. The number of aromatic amines is 1. The number of aromatic nitrogens is 2. The van der Waals surface area contributed by atoms with Crippen molar-refractivity contribution in [2.45, 2.75) is 6.54 Å². The van der Waals surface area contributed by atoms with E-state index in [4.69, 9.17) is 21.7 Å². The molecule has 136 valence electrons. The van der Waals surface area contributed by atoms with Gasteiger partial charge in [0.1, 0.15) is 11.5 Å². The molecule has 0 aliphatic rings. The van der Waals surface area contributed by atoms with Gasteiger partial charge in [0.2, 0.25) is 10.0 Å². The van der Waals surface area contributed by atoms with Crippen LogP contribution in [0.25, 0.3) is 11.3 Å². The maximum absolute atomic E-state index is 11.9. The molecule has 0 aliphatic heterocycles. The summed E-state index contributed by atoms with van der Waals surface area (Å²) in [4.78, 5) is 14.4. The highest BCUT2D eigenvalue weighted by Gasteiger charge is 2.13. The molecular weight excluding hydrogens is 366 g/mol. The second-order valence-corrected chi connectivity index (χ2v) is 7.43. The van der Waals surface area contributed by atoms with Crippen LogP contribution >= 0.6 is 12.2 Å². The lowest BCUT2D eigenvalue weighted by Gasteiger charge is -2.16. The molecule has 25 heavy (non-hydrogen) atoms. The Morgan fingerprint density at radius 3 is 2.56 bits per heavy atom. The van der Waals surface area contributed by atoms with Crippen molar-refractivity contribution in [3.05, 3.63) is 39.4 Å². The van der Waals surface area contributed by atoms with E-state index in [1.54, 1.807) is 29.9 Å². The van der Waals surface area contributed by atoms with Gasteiger partial charge in [-0.1, -0.05) is 0 Å². The third-order valence-electron chi connectivity index (χ3n) is 3.42. The van der Waals surface area contributed by atoms with Gasteiger partial charge in [0.05, 0.1) is 26.2 Å². The molecule has 0 radical (unpaired) electrons. The molecule has 1 aromatic carbocycles. The van der Waals surface area contributed by atoms with Gasteiger partial charge in [0, 0.05) is 30.8 Å². The molecule has 2 N–H and O–H groups in total. The van der Waals surface area contributed by atoms with Gasteiger partial charge < -0.3 is 14.0 Å². The van der Waals surface area contributed by atoms with Crippen molar-refractivity contribution in [2.75, 3.05) is 27.0 Å². The van der Waals surface area contributed by atoms with Crippen LogP contribution in [0.4, 0.5) is 0 Å². The summed E-state index contributed by atoms with van der Waals surface area (Å²) in [7, 11) is -0.274. The molecular formula is C15H19N3O5S2. The maximum atomic E-state index is 11.9. The quantitative estimate of drug-likeness (QED) is 0.693. The largest absolute Gasteiger partial charge is 0.497 e. The van der Waals surface area contributed by atoms with E-state index in [2.05, 4.69) is 9.71 Å². The molecule has 0 bridgehead atoms. The number of hydrogen-bond acceptors (Lipinski definition) is 6. The van der Waals surface area contributed by atoms with E-state index in [9.17, 15) is 13.2 Å². The van der Waals surface area contributed by atoms with Crippen LogP contribution in [0.5, 0.6) is 11.5 Å². The highest BCUT2D eigenvalue weighted by Crippen LogP contribution is 2.32. The number of hydrogen-bond donors (Lipinski definition) is 2. The first-order valence-corrected chi connectivity index (χ1v) is 9.56. The molecule has 1 aromatic heterocycles. The van der Waals surface area contributed by atoms with Crippen LogP contribution in [0, 0.1) is 4.77 Å². The summed E-state index contributed by atoms with van der Waals surface area (Å²) in [5, 5.41) is 0. The van der Waals surface area contributed by atoms with E-state index in [-0.39, 0.29) is 23.4 Å². The lowest BCUT2D eigenvalue weighted by Crippen LogP contribution is -2.27. The molecule has 0 spiro atoms. The highest BCUT2D eigenvalue weighted by molar-refractivity contribution is 7.88. The summed E-state index contributed by atoms with van der Waals surface area (Å²) >= 11 is 5.23. The first-order valence-electron chi connectivity index (χ1n) is 7.26. The minimum absolute atomic E-state index is 0.130. The van der Waals surface area contributed by atoms with Gasteiger partial charge in [-0.15, -0.1) is 0 Å². The van der Waals surface area contributed by atoms with Gasteiger partial charge in [-0.2, -0.15) is 0 Å². The van der Waals surface area contributed by atoms with Crippen LogP contribution in [-0.4, -0.2) is 45.0 Å². The van der Waals surface area contributed by atoms with Crippen molar-refractivity contribution in [3.63, 3.8) is 0 Å². The monoisotopic (exact) mass is 385 g/mol. The first-order chi connectivity index (χ1) is 11.7. The Labute approximate surface area is 150 Å². The molecule has 1 heterocycles. The maximum Gasteiger partial charge on any atom is 0.252 e. The molecule has 0 amide bonds. The second kappa shape index (κ2) is 7.81. The Balaban J connectivity index is 2.53. The Bertz CT molecular complexity index is 979. The van der Waals surface area contributed by atoms with Gasteiger partial charge >= 0.3 is 0 Å². The molecule has 10 heteroatoms. The third kappa shape index (κ3) is 4.91. The predicted molar refractivity (Wildman–Crippen MR) is 97.3 cm³/mol. The zero-order chi connectivity index (χ0) is 18.6. The van der Waals surface area contributed by atoms with Gasteiger partial charge in [-0.25, -0.2) is 13.1 Å². The summed E-state index contributed by atoms with van der Waals surface area (Å²) in [6.45, 7) is 0.373. The number of sulfonamides is 1. The average molecular weight is 385 g/mol. The fourth-order valence-corrected chi connectivity index (χ4v) is 3.07. The molecule has 0 fully saturated rings. The molecule has 2 aromatic rings. The molecule has 0 aliphatic carbocycles. The second-order valence-electron chi connectivity index (χ2n) is 5.21. The van der Waals surface area contributed by atoms with Gasteiger partial charge in [-0.05, 0) is 24.4 Å². The standard InChI is InChI=1S/C15H19N3O5S2/c1-22-10-4-5-11(13(8-10)23-2)12-9-14(19)17-15(24)18(12)7-6-16-25(3,20)21/h4-5,8-9,16H,6-7H2,1-3H3,(H,17,19,24). The first kappa shape index (κ1) is 19.2. The Morgan fingerprint density at radius 1 is 1.24 bits per heavy atom. The fraction of sp³-hybridized carbons (Fsp3) is 0.333. The minimum atomic E-state index is -3.33. The molecule has 2 rings (SSSR count). The lowest BCUT2D eigenvalue weighted by molar-refractivity contribution is 0.395. The SMILES string of the molecule is COc1ccc(-c2cc(=O)[nH]c(=S)n2CCNS(C)(=O)=O)c(OC)c1. The molecule has 8 nitrogen and oxygen atoms in total. The van der Waals surface area contributed by atoms with Crippen LogP contribution < -0.4 is 19.8 Å². The van der Waals surface area contributed by atoms with Crippen molar-refractivity contribution in [2.24, 2.45) is 0 Å². The van der Waals surface area contributed by atoms with Gasteiger partial charge in [0.25, 0.3) is 5.56 Å². The van der Waals surface area contributed by atoms with E-state index >= 15 is 0 Å². The van der Waals surface area contributed by atoms with Gasteiger partial charge in [0.15, 0.2) is 4.77 Å². The number of rotatable bonds is 7. The van der Waals surface area contributed by atoms with Crippen molar-refractivity contribution in [1.82, 2.24) is 14.3 Å². The Hall–Kier alpha value is -2.17. The number of nitrogens with zero attached hydrogens (tertiary/aromatic N) is 1. The Kier molecular flexibility index (Phi) is 5.98. The third-order valence-corrected chi connectivity index (χ3v) is 4.47. The fourth-order valence-electron chi connectivity index (χ4n) is 2.32. The van der Waals surface area contributed by atoms with E-state index in [0.717, 1.165) is 6.26 Å². The van der Waals surface area contributed by atoms with Crippen molar-refractivity contribution < 1.29 is 17.9 Å². The molecule has 0 saturated carbocycles. The number of benzene rings is 1. The van der Waals surface area contributed by atoms with Crippen molar-refractivity contribution in [1.29, 1.82) is 0 Å². The van der Waals surface area contributed by atoms with Crippen LogP contribution in [0.2, 0.25) is 0 Å². The number of H-pyrrole nitrogens is 1. The smallest absolute Gasteiger partial charge is 0.252 e. The highest BCUT2D eigenvalue weighted by atomic mass is 32.2. The molecule has 0 unspecified atom stereocenters. The number of methoxy groups -OCH3 is 2. The predicted octanol–water partition coefficient (Wildman–Crippen LogP) is 1.14. The minimum Gasteiger partial charge on any atom is -0.497 e. The summed E-state index contributed by atoms with van der Waals surface area (Å²) in [5.41, 5.74) is 0.800. The summed E-state index contributed by atoms with van der Waals surface area (Å²) < 4.78 is 37.3. The van der Waals surface area contributed by atoms with Crippen LogP contribution in [0.1, 0.15) is 0 Å². The van der Waals surface area contributed by atoms with E-state index < -0.39 is 10.0 Å². The summed E-state index contributed by atoms with van der Waals surface area (Å²) in [6, 6.07) is 6.57. The van der Waals surface area contributed by atoms with E-state index in [1.165, 1.54) is 13.2 Å². The van der Waals surface area contributed by atoms with Crippen LogP contribution in [0.3, 0.4) is 0 Å². The number of ether oxygens (including phenoxy) is 2. The molecule has 0 saturated heterocycles. The average Bonchev–Trinajstić information content (AvgIpc) is 2.54. The summed E-state index contributed by atoms with van der Waals surface area (Å²) in [6.07, 6.45) is 1.08. The van der Waals surface area contributed by atoms with E-state index in [0.29, 0.717) is 22.8 Å². The molecule has 0 atom stereocenters. The van der Waals surface area contributed by atoms with E-state index in [1.807, 2.05) is 0 Å². The number of nitrogens with one attached hydrogen (secondary N) is 2. The lowest BCUT2D eigenvalue weighted by atomic mass is 10.1. The van der Waals surface area contributed by atoms with Gasteiger partial charge in [-0.3, -0.25) is 9.78 Å². The summed E-state index contributed by atoms with van der Waals surface area (Å²) in [5.74, 6) is 1.11. The Morgan fingerprint density at radius 2 is 1.96 bits per heavy atom. The topological polar surface area (TPSA) is 102 Å². The zero-order valence-electron chi connectivity index (χ0n) is 14.0. The van der Waals surface area contributed by atoms with Crippen LogP contribution in [0.15, 0.2) is 29.1 Å². The van der Waals surface area contributed by atoms with Crippen molar-refractivity contribution in [3.8, 4) is 22.8 Å².